The molecule has 8 heteroatoms. The summed E-state index contributed by atoms with van der Waals surface area (Å²) >= 11 is 5.88. The van der Waals surface area contributed by atoms with E-state index in [1.54, 1.807) is 95.7 Å². The summed E-state index contributed by atoms with van der Waals surface area (Å²) in [4.78, 5) is 25.6. The topological polar surface area (TPSA) is 96.2 Å². The minimum absolute atomic E-state index is 0.337. The van der Waals surface area contributed by atoms with E-state index >= 15 is 0 Å². The van der Waals surface area contributed by atoms with E-state index in [0.29, 0.717) is 27.4 Å². The molecule has 1 atom stereocenters. The lowest BCUT2D eigenvalue weighted by Crippen LogP contribution is -2.27. The van der Waals surface area contributed by atoms with Gasteiger partial charge in [0.15, 0.2) is 0 Å². The van der Waals surface area contributed by atoms with E-state index in [0.717, 1.165) is 5.69 Å². The Morgan fingerprint density at radius 1 is 0.794 bits per heavy atom. The standard InChI is InChI=1S/C26H21ClN4O3/c27-19-9-11-21(12-10-19)30-26(33)34-24(18-6-2-1-3-7-18)25(32)29-20-13-15-22(16-14-20)31-17-5-4-8-23(31)28/h1-17,24,28H,(H,29,32)(H,30,33)/t24-/m1/s1. The van der Waals surface area contributed by atoms with Gasteiger partial charge in [-0.2, -0.15) is 0 Å². The molecule has 3 N–H and O–H groups in total. The highest BCUT2D eigenvalue weighted by atomic mass is 35.5. The van der Waals surface area contributed by atoms with E-state index in [1.807, 2.05) is 12.1 Å². The fourth-order valence-electron chi connectivity index (χ4n) is 3.27. The minimum Gasteiger partial charge on any atom is -0.431 e. The summed E-state index contributed by atoms with van der Waals surface area (Å²) in [5.41, 5.74) is 2.66. The molecule has 0 aliphatic heterocycles. The van der Waals surface area contributed by atoms with Gasteiger partial charge in [-0.3, -0.25) is 15.5 Å². The number of nitrogens with zero attached hydrogens (tertiary/aromatic N) is 1. The van der Waals surface area contributed by atoms with Crippen LogP contribution in [0.25, 0.3) is 5.69 Å². The van der Waals surface area contributed by atoms with Crippen LogP contribution >= 0.6 is 11.6 Å². The summed E-state index contributed by atoms with van der Waals surface area (Å²) in [6.07, 6.45) is -0.157. The predicted molar refractivity (Wildman–Crippen MR) is 131 cm³/mol. The molecule has 4 aromatic rings. The molecule has 0 saturated heterocycles. The van der Waals surface area contributed by atoms with Crippen molar-refractivity contribution in [1.29, 1.82) is 5.41 Å². The Bertz CT molecular complexity index is 1340. The van der Waals surface area contributed by atoms with Gasteiger partial charge in [0.05, 0.1) is 0 Å². The number of rotatable bonds is 6. The Labute approximate surface area is 201 Å². The molecule has 3 aromatic carbocycles. The Kier molecular flexibility index (Phi) is 7.05. The third-order valence-corrected chi connectivity index (χ3v) is 5.18. The van der Waals surface area contributed by atoms with Crippen LogP contribution in [0.2, 0.25) is 5.02 Å². The monoisotopic (exact) mass is 472 g/mol. The van der Waals surface area contributed by atoms with E-state index in [2.05, 4.69) is 10.6 Å². The predicted octanol–water partition coefficient (Wildman–Crippen LogP) is 5.54. The molecule has 0 unspecified atom stereocenters. The largest absolute Gasteiger partial charge is 0.431 e. The summed E-state index contributed by atoms with van der Waals surface area (Å²) in [6.45, 7) is 0. The maximum Gasteiger partial charge on any atom is 0.412 e. The van der Waals surface area contributed by atoms with Gasteiger partial charge >= 0.3 is 6.09 Å². The van der Waals surface area contributed by atoms with Crippen LogP contribution in [0.15, 0.2) is 103 Å². The molecule has 170 valence electrons. The molecule has 34 heavy (non-hydrogen) atoms. The Morgan fingerprint density at radius 3 is 2.09 bits per heavy atom. The van der Waals surface area contributed by atoms with Crippen LogP contribution < -0.4 is 16.1 Å². The van der Waals surface area contributed by atoms with Crippen molar-refractivity contribution in [3.05, 3.63) is 119 Å². The zero-order valence-corrected chi connectivity index (χ0v) is 18.7. The number of halogens is 1. The molecule has 0 fully saturated rings. The number of nitrogens with one attached hydrogen (secondary N) is 3. The molecular weight excluding hydrogens is 452 g/mol. The quantitative estimate of drug-likeness (QED) is 0.344. The van der Waals surface area contributed by atoms with Gasteiger partial charge in [-0.1, -0.05) is 48.0 Å². The molecule has 0 radical (unpaired) electrons. The first-order chi connectivity index (χ1) is 16.5. The zero-order chi connectivity index (χ0) is 23.9. The van der Waals surface area contributed by atoms with Crippen molar-refractivity contribution in [3.63, 3.8) is 0 Å². The van der Waals surface area contributed by atoms with Crippen LogP contribution in [0, 0.1) is 5.41 Å². The Balaban J connectivity index is 1.49. The summed E-state index contributed by atoms with van der Waals surface area (Å²) < 4.78 is 7.20. The van der Waals surface area contributed by atoms with Gasteiger partial charge in [0.1, 0.15) is 5.49 Å². The number of ether oxygens (including phenoxy) is 1. The van der Waals surface area contributed by atoms with Gasteiger partial charge in [-0.25, -0.2) is 4.79 Å². The first kappa shape index (κ1) is 22.8. The highest BCUT2D eigenvalue weighted by molar-refractivity contribution is 6.30. The third kappa shape index (κ3) is 5.70. The average Bonchev–Trinajstić information content (AvgIpc) is 2.85. The number of anilines is 2. The van der Waals surface area contributed by atoms with Crippen LogP contribution in [0.5, 0.6) is 0 Å². The van der Waals surface area contributed by atoms with E-state index in [9.17, 15) is 9.59 Å². The molecule has 1 aromatic heterocycles. The average molecular weight is 473 g/mol. The number of hydrogen-bond donors (Lipinski definition) is 3. The lowest BCUT2D eigenvalue weighted by Gasteiger charge is -2.18. The number of aromatic nitrogens is 1. The molecule has 7 nitrogen and oxygen atoms in total. The van der Waals surface area contributed by atoms with Gasteiger partial charge in [-0.15, -0.1) is 0 Å². The summed E-state index contributed by atoms with van der Waals surface area (Å²) in [7, 11) is 0. The van der Waals surface area contributed by atoms with Crippen LogP contribution in [0.4, 0.5) is 16.2 Å². The van der Waals surface area contributed by atoms with Crippen molar-refractivity contribution in [2.24, 2.45) is 0 Å². The first-order valence-corrected chi connectivity index (χ1v) is 10.8. The van der Waals surface area contributed by atoms with Gasteiger partial charge in [-0.05, 0) is 60.7 Å². The van der Waals surface area contributed by atoms with E-state index in [-0.39, 0.29) is 0 Å². The van der Waals surface area contributed by atoms with Gasteiger partial charge in [0, 0.05) is 33.8 Å². The number of benzene rings is 3. The molecule has 0 saturated carbocycles. The fourth-order valence-corrected chi connectivity index (χ4v) is 3.40. The molecular formula is C26H21ClN4O3. The maximum absolute atomic E-state index is 13.1. The molecule has 1 heterocycles. The lowest BCUT2D eigenvalue weighted by atomic mass is 10.1. The highest BCUT2D eigenvalue weighted by Crippen LogP contribution is 2.22. The first-order valence-electron chi connectivity index (χ1n) is 10.4. The van der Waals surface area contributed by atoms with Crippen molar-refractivity contribution >= 4 is 35.0 Å². The van der Waals surface area contributed by atoms with Crippen LogP contribution in [-0.2, 0) is 9.53 Å². The number of pyridine rings is 1. The van der Waals surface area contributed by atoms with Crippen molar-refractivity contribution < 1.29 is 14.3 Å². The molecule has 0 aliphatic rings. The van der Waals surface area contributed by atoms with Crippen molar-refractivity contribution in [3.8, 4) is 5.69 Å². The van der Waals surface area contributed by atoms with Gasteiger partial charge in [0.25, 0.3) is 5.91 Å². The normalized spacial score (nSPS) is 11.3. The van der Waals surface area contributed by atoms with E-state index in [4.69, 9.17) is 21.7 Å². The molecule has 0 spiro atoms. The third-order valence-electron chi connectivity index (χ3n) is 4.93. The Morgan fingerprint density at radius 2 is 1.41 bits per heavy atom. The van der Waals surface area contributed by atoms with Crippen molar-refractivity contribution in [2.75, 3.05) is 10.6 Å². The van der Waals surface area contributed by atoms with Crippen molar-refractivity contribution in [1.82, 2.24) is 4.57 Å². The second kappa shape index (κ2) is 10.5. The number of carbonyl (C=O) groups is 2. The lowest BCUT2D eigenvalue weighted by molar-refractivity contribution is -0.124. The fraction of sp³-hybridized carbons (Fsp3) is 0.0385. The SMILES string of the molecule is N=c1ccccn1-c1ccc(NC(=O)[C@H](OC(=O)Nc2ccc(Cl)cc2)c2ccccc2)cc1. The molecule has 4 rings (SSSR count). The van der Waals surface area contributed by atoms with Crippen molar-refractivity contribution in [2.45, 2.75) is 6.10 Å². The second-order valence-electron chi connectivity index (χ2n) is 7.32. The number of hydrogen-bond acceptors (Lipinski definition) is 4. The van der Waals surface area contributed by atoms with Crippen LogP contribution in [-0.4, -0.2) is 16.6 Å². The maximum atomic E-state index is 13.1. The molecule has 2 amide bonds. The minimum atomic E-state index is -1.17. The highest BCUT2D eigenvalue weighted by Gasteiger charge is 2.25. The number of amides is 2. The van der Waals surface area contributed by atoms with Crippen LogP contribution in [0.1, 0.15) is 11.7 Å². The van der Waals surface area contributed by atoms with Crippen LogP contribution in [0.3, 0.4) is 0 Å². The summed E-state index contributed by atoms with van der Waals surface area (Å²) in [5, 5.41) is 13.9. The smallest absolute Gasteiger partial charge is 0.412 e. The van der Waals surface area contributed by atoms with E-state index < -0.39 is 18.1 Å². The zero-order valence-electron chi connectivity index (χ0n) is 17.9. The van der Waals surface area contributed by atoms with Gasteiger partial charge in [0.2, 0.25) is 6.10 Å². The molecule has 0 bridgehead atoms. The number of carbonyl (C=O) groups excluding carboxylic acids is 2. The summed E-state index contributed by atoms with van der Waals surface area (Å²) in [6, 6.07) is 27.7. The second-order valence-corrected chi connectivity index (χ2v) is 7.76. The molecule has 0 aliphatic carbocycles. The van der Waals surface area contributed by atoms with E-state index in [1.165, 1.54) is 0 Å². The summed E-state index contributed by atoms with van der Waals surface area (Å²) in [5.74, 6) is -0.501. The van der Waals surface area contributed by atoms with Gasteiger partial charge < -0.3 is 14.6 Å². The Hall–Kier alpha value is -4.36.